The Kier molecular flexibility index (Phi) is 5.59. The molecule has 8 heteroatoms. The zero-order chi connectivity index (χ0) is 22.1. The van der Waals surface area contributed by atoms with E-state index in [1.165, 1.54) is 18.7 Å². The second kappa shape index (κ2) is 8.68. The van der Waals surface area contributed by atoms with Crippen LogP contribution in [0, 0.1) is 5.82 Å². The number of amides is 1. The van der Waals surface area contributed by atoms with Gasteiger partial charge in [0, 0.05) is 30.7 Å². The summed E-state index contributed by atoms with van der Waals surface area (Å²) < 4.78 is 19.9. The summed E-state index contributed by atoms with van der Waals surface area (Å²) in [6, 6.07) is 4.98. The lowest BCUT2D eigenvalue weighted by Crippen LogP contribution is -2.48. The lowest BCUT2D eigenvalue weighted by atomic mass is 10.0. The lowest BCUT2D eigenvalue weighted by Gasteiger charge is -2.39. The Hall–Kier alpha value is -3.29. The van der Waals surface area contributed by atoms with Crippen molar-refractivity contribution < 1.29 is 13.6 Å². The van der Waals surface area contributed by atoms with E-state index in [-0.39, 0.29) is 18.0 Å². The number of oxazole rings is 1. The molecule has 0 radical (unpaired) electrons. The Morgan fingerprint density at radius 3 is 2.50 bits per heavy atom. The van der Waals surface area contributed by atoms with Crippen LogP contribution in [0.15, 0.2) is 47.6 Å². The highest BCUT2D eigenvalue weighted by Gasteiger charge is 2.39. The van der Waals surface area contributed by atoms with Gasteiger partial charge in [-0.05, 0) is 50.3 Å². The van der Waals surface area contributed by atoms with Crippen molar-refractivity contribution in [3.8, 4) is 11.3 Å². The molecule has 1 aliphatic heterocycles. The van der Waals surface area contributed by atoms with Crippen molar-refractivity contribution in [1.29, 1.82) is 0 Å². The number of piperidine rings is 1. The maximum Gasteiger partial charge on any atom is 0.254 e. The number of aromatic nitrogens is 3. The predicted octanol–water partition coefficient (Wildman–Crippen LogP) is 4.11. The first-order valence-corrected chi connectivity index (χ1v) is 11.2. The molecule has 1 aliphatic carbocycles. The van der Waals surface area contributed by atoms with E-state index >= 15 is 0 Å². The van der Waals surface area contributed by atoms with Crippen molar-refractivity contribution in [1.82, 2.24) is 19.9 Å². The summed E-state index contributed by atoms with van der Waals surface area (Å²) in [5.74, 6) is 0.659. The molecule has 0 N–H and O–H groups in total. The van der Waals surface area contributed by atoms with Crippen molar-refractivity contribution in [3.05, 3.63) is 60.3 Å². The van der Waals surface area contributed by atoms with Gasteiger partial charge < -0.3 is 14.2 Å². The third kappa shape index (κ3) is 4.09. The van der Waals surface area contributed by atoms with Crippen LogP contribution in [0.3, 0.4) is 0 Å². The van der Waals surface area contributed by atoms with E-state index in [0.717, 1.165) is 56.7 Å². The average Bonchev–Trinajstić information content (AvgIpc) is 3.51. The standard InChI is InChI=1S/C24H26FN5O2/c1-2-17-12-28-23(14-27-17)29-9-7-19(8-10-29)30(18-4-5-18)24(31)16-3-6-20(21(25)11-16)22-13-26-15-32-22/h3,6,11-15,18-19H,2,4-5,7-10H2,1H3. The summed E-state index contributed by atoms with van der Waals surface area (Å²) >= 11 is 0. The summed E-state index contributed by atoms with van der Waals surface area (Å²) in [6.45, 7) is 3.70. The molecule has 0 spiro atoms. The number of nitrogens with zero attached hydrogens (tertiary/aromatic N) is 5. The van der Waals surface area contributed by atoms with E-state index in [4.69, 9.17) is 4.42 Å². The van der Waals surface area contributed by atoms with Crippen LogP contribution in [0.4, 0.5) is 10.2 Å². The molecule has 32 heavy (non-hydrogen) atoms. The third-order valence-electron chi connectivity index (χ3n) is 6.32. The highest BCUT2D eigenvalue weighted by atomic mass is 19.1. The van der Waals surface area contributed by atoms with Crippen LogP contribution in [-0.4, -0.2) is 50.9 Å². The van der Waals surface area contributed by atoms with Crippen LogP contribution in [0.5, 0.6) is 0 Å². The van der Waals surface area contributed by atoms with E-state index in [9.17, 15) is 9.18 Å². The Morgan fingerprint density at radius 2 is 1.91 bits per heavy atom. The molecular weight excluding hydrogens is 409 g/mol. The molecule has 166 valence electrons. The van der Waals surface area contributed by atoms with Gasteiger partial charge in [-0.15, -0.1) is 0 Å². The Labute approximate surface area is 186 Å². The van der Waals surface area contributed by atoms with Gasteiger partial charge >= 0.3 is 0 Å². The van der Waals surface area contributed by atoms with Gasteiger partial charge in [-0.25, -0.2) is 14.4 Å². The van der Waals surface area contributed by atoms with Crippen molar-refractivity contribution in [2.75, 3.05) is 18.0 Å². The minimum absolute atomic E-state index is 0.0962. The Bertz CT molecular complexity index is 1070. The van der Waals surface area contributed by atoms with E-state index in [1.54, 1.807) is 12.1 Å². The SMILES string of the molecule is CCc1cnc(N2CCC(N(C(=O)c3ccc(-c4cnco4)c(F)c3)C3CC3)CC2)cn1. The predicted molar refractivity (Wildman–Crippen MR) is 118 cm³/mol. The molecule has 0 bridgehead atoms. The van der Waals surface area contributed by atoms with Crippen molar-refractivity contribution >= 4 is 11.7 Å². The molecule has 5 rings (SSSR count). The molecule has 3 aromatic rings. The van der Waals surface area contributed by atoms with Crippen molar-refractivity contribution in [2.24, 2.45) is 0 Å². The molecule has 7 nitrogen and oxygen atoms in total. The molecule has 2 fully saturated rings. The number of rotatable bonds is 6. The normalized spacial score (nSPS) is 16.9. The fourth-order valence-electron chi connectivity index (χ4n) is 4.40. The number of hydrogen-bond acceptors (Lipinski definition) is 6. The van der Waals surface area contributed by atoms with E-state index < -0.39 is 5.82 Å². The van der Waals surface area contributed by atoms with E-state index in [2.05, 4.69) is 26.8 Å². The summed E-state index contributed by atoms with van der Waals surface area (Å²) in [5, 5.41) is 0. The minimum Gasteiger partial charge on any atom is -0.443 e. The fraction of sp³-hybridized carbons (Fsp3) is 0.417. The second-order valence-electron chi connectivity index (χ2n) is 8.44. The molecular formula is C24H26FN5O2. The quantitative estimate of drug-likeness (QED) is 0.580. The smallest absolute Gasteiger partial charge is 0.254 e. The average molecular weight is 436 g/mol. The monoisotopic (exact) mass is 435 g/mol. The molecule has 1 saturated heterocycles. The van der Waals surface area contributed by atoms with Gasteiger partial charge in [0.2, 0.25) is 0 Å². The molecule has 1 saturated carbocycles. The molecule has 2 aliphatic rings. The van der Waals surface area contributed by atoms with E-state index in [0.29, 0.717) is 16.9 Å². The van der Waals surface area contributed by atoms with Gasteiger partial charge in [0.25, 0.3) is 5.91 Å². The van der Waals surface area contributed by atoms with Crippen LogP contribution >= 0.6 is 0 Å². The first-order valence-electron chi connectivity index (χ1n) is 11.2. The van der Waals surface area contributed by atoms with Gasteiger partial charge in [-0.2, -0.15) is 0 Å². The van der Waals surface area contributed by atoms with Crippen LogP contribution in [-0.2, 0) is 6.42 Å². The van der Waals surface area contributed by atoms with Gasteiger partial charge in [0.15, 0.2) is 12.2 Å². The highest BCUT2D eigenvalue weighted by Crippen LogP contribution is 2.34. The van der Waals surface area contributed by atoms with E-state index in [1.807, 2.05) is 17.3 Å². The van der Waals surface area contributed by atoms with Gasteiger partial charge in [0.1, 0.15) is 11.6 Å². The largest absolute Gasteiger partial charge is 0.443 e. The first kappa shape index (κ1) is 20.6. The number of benzene rings is 1. The van der Waals surface area contributed by atoms with Crippen LogP contribution in [0.1, 0.15) is 48.7 Å². The second-order valence-corrected chi connectivity index (χ2v) is 8.44. The molecule has 0 unspecified atom stereocenters. The molecule has 1 aromatic carbocycles. The van der Waals surface area contributed by atoms with Gasteiger partial charge in [-0.3, -0.25) is 9.78 Å². The first-order chi connectivity index (χ1) is 15.6. The summed E-state index contributed by atoms with van der Waals surface area (Å²) in [5.41, 5.74) is 1.66. The summed E-state index contributed by atoms with van der Waals surface area (Å²) in [7, 11) is 0. The lowest BCUT2D eigenvalue weighted by molar-refractivity contribution is 0.0630. The Morgan fingerprint density at radius 1 is 1.12 bits per heavy atom. The number of aryl methyl sites for hydroxylation is 1. The number of anilines is 1. The number of halogens is 1. The highest BCUT2D eigenvalue weighted by molar-refractivity contribution is 5.95. The van der Waals surface area contributed by atoms with Crippen molar-refractivity contribution in [2.45, 2.75) is 51.1 Å². The zero-order valence-corrected chi connectivity index (χ0v) is 18.1. The van der Waals surface area contributed by atoms with Crippen LogP contribution in [0.2, 0.25) is 0 Å². The molecule has 1 amide bonds. The van der Waals surface area contributed by atoms with Gasteiger partial charge in [-0.1, -0.05) is 6.92 Å². The summed E-state index contributed by atoms with van der Waals surface area (Å²) in [4.78, 5) is 30.4. The van der Waals surface area contributed by atoms with Gasteiger partial charge in [0.05, 0.1) is 29.8 Å². The maximum absolute atomic E-state index is 14.7. The number of carbonyl (C=O) groups is 1. The molecule has 2 aromatic heterocycles. The minimum atomic E-state index is -0.479. The third-order valence-corrected chi connectivity index (χ3v) is 6.32. The number of hydrogen-bond donors (Lipinski definition) is 0. The topological polar surface area (TPSA) is 75.4 Å². The fourth-order valence-corrected chi connectivity index (χ4v) is 4.40. The van der Waals surface area contributed by atoms with Crippen LogP contribution in [0.25, 0.3) is 11.3 Å². The maximum atomic E-state index is 14.7. The molecule has 3 heterocycles. The Balaban J connectivity index is 1.29. The number of carbonyl (C=O) groups excluding carboxylic acids is 1. The zero-order valence-electron chi connectivity index (χ0n) is 18.1. The summed E-state index contributed by atoms with van der Waals surface area (Å²) in [6.07, 6.45) is 11.0. The molecule has 0 atom stereocenters. The van der Waals surface area contributed by atoms with Crippen LogP contribution < -0.4 is 4.90 Å². The van der Waals surface area contributed by atoms with Crippen molar-refractivity contribution in [3.63, 3.8) is 0 Å².